The van der Waals surface area contributed by atoms with Gasteiger partial charge in [-0.05, 0) is 6.42 Å². The highest BCUT2D eigenvalue weighted by Gasteiger charge is 2.39. The van der Waals surface area contributed by atoms with Crippen molar-refractivity contribution in [2.75, 3.05) is 13.2 Å². The molecule has 2 aliphatic rings. The van der Waals surface area contributed by atoms with Gasteiger partial charge in [0.1, 0.15) is 6.10 Å². The molecule has 3 heteroatoms. The Morgan fingerprint density at radius 3 is 2.64 bits per heavy atom. The van der Waals surface area contributed by atoms with E-state index in [1.807, 2.05) is 0 Å². The summed E-state index contributed by atoms with van der Waals surface area (Å²) in [5, 5.41) is 0. The van der Waals surface area contributed by atoms with Crippen LogP contribution in [0.4, 0.5) is 0 Å². The number of fused-ring (bicyclic) bond motifs is 1. The molecule has 0 aromatic heterocycles. The summed E-state index contributed by atoms with van der Waals surface area (Å²) >= 11 is 0. The third kappa shape index (κ3) is 1.54. The zero-order valence-corrected chi connectivity index (χ0v) is 6.40. The van der Waals surface area contributed by atoms with E-state index < -0.39 is 0 Å². The van der Waals surface area contributed by atoms with Crippen molar-refractivity contribution in [3.63, 3.8) is 0 Å². The second-order valence-corrected chi connectivity index (χ2v) is 2.66. The molecule has 0 saturated carbocycles. The molecule has 0 aliphatic carbocycles. The van der Waals surface area contributed by atoms with E-state index in [-0.39, 0.29) is 12.1 Å². The molecule has 2 rings (SSSR count). The molecule has 0 radical (unpaired) electrons. The minimum absolute atomic E-state index is 0.123. The summed E-state index contributed by atoms with van der Waals surface area (Å²) in [6.07, 6.45) is 9.53. The molecule has 2 saturated heterocycles. The highest BCUT2D eigenvalue weighted by Crippen LogP contribution is 2.24. The fraction of sp³-hybridized carbons (Fsp3) is 0.750. The Balaban J connectivity index is 0.000000281. The molecule has 0 spiro atoms. The fourth-order valence-electron chi connectivity index (χ4n) is 1.50. The minimum atomic E-state index is 0.123. The molecule has 2 N–H and O–H groups in total. The van der Waals surface area contributed by atoms with Crippen molar-refractivity contribution in [1.82, 2.24) is 0 Å². The van der Waals surface area contributed by atoms with E-state index in [9.17, 15) is 0 Å². The van der Waals surface area contributed by atoms with Gasteiger partial charge in [-0.25, -0.2) is 0 Å². The topological polar surface area (TPSA) is 44.5 Å². The number of hydrogen-bond acceptors (Lipinski definition) is 3. The first kappa shape index (κ1) is 8.54. The van der Waals surface area contributed by atoms with E-state index in [0.29, 0.717) is 12.7 Å². The average Bonchev–Trinajstić information content (AvgIpc) is 2.60. The van der Waals surface area contributed by atoms with E-state index in [1.54, 1.807) is 0 Å². The van der Waals surface area contributed by atoms with Crippen molar-refractivity contribution in [2.45, 2.75) is 24.7 Å². The number of ether oxygens (including phenoxy) is 2. The van der Waals surface area contributed by atoms with Gasteiger partial charge in [0.05, 0.1) is 18.8 Å². The maximum absolute atomic E-state index is 5.67. The van der Waals surface area contributed by atoms with Crippen molar-refractivity contribution in [1.29, 1.82) is 0 Å². The van der Waals surface area contributed by atoms with Crippen molar-refractivity contribution in [3.8, 4) is 12.8 Å². The summed E-state index contributed by atoms with van der Waals surface area (Å²) in [4.78, 5) is 0. The highest BCUT2D eigenvalue weighted by molar-refractivity contribution is 4.90. The molecule has 0 aromatic carbocycles. The van der Waals surface area contributed by atoms with Gasteiger partial charge in [0.2, 0.25) is 0 Å². The Kier molecular flexibility index (Phi) is 2.89. The van der Waals surface area contributed by atoms with Gasteiger partial charge >= 0.3 is 0 Å². The van der Waals surface area contributed by atoms with Crippen LogP contribution in [0.5, 0.6) is 0 Å². The Hall–Kier alpha value is -0.560. The summed E-state index contributed by atoms with van der Waals surface area (Å²) in [5.41, 5.74) is 5.67. The van der Waals surface area contributed by atoms with Crippen LogP contribution in [0.3, 0.4) is 0 Å². The maximum Gasteiger partial charge on any atom is 0.101 e. The molecular formula is C8H13NO2. The third-order valence-corrected chi connectivity index (χ3v) is 2.00. The van der Waals surface area contributed by atoms with Crippen LogP contribution in [0.15, 0.2) is 0 Å². The second kappa shape index (κ2) is 3.72. The quantitative estimate of drug-likeness (QED) is 0.491. The first-order valence-corrected chi connectivity index (χ1v) is 3.70. The minimum Gasteiger partial charge on any atom is -0.374 e. The zero-order chi connectivity index (χ0) is 8.27. The molecule has 0 bridgehead atoms. The Bertz CT molecular complexity index is 146. The molecule has 11 heavy (non-hydrogen) atoms. The van der Waals surface area contributed by atoms with Crippen molar-refractivity contribution in [3.05, 3.63) is 0 Å². The summed E-state index contributed by atoms with van der Waals surface area (Å²) in [6, 6.07) is 0.123. The normalized spacial score (nSPS) is 40.8. The van der Waals surface area contributed by atoms with E-state index in [2.05, 4.69) is 12.8 Å². The number of terminal acetylenes is 1. The lowest BCUT2D eigenvalue weighted by atomic mass is 10.1. The van der Waals surface area contributed by atoms with E-state index in [1.165, 1.54) is 0 Å². The largest absolute Gasteiger partial charge is 0.374 e. The monoisotopic (exact) mass is 155 g/mol. The van der Waals surface area contributed by atoms with Crippen LogP contribution in [-0.2, 0) is 9.47 Å². The van der Waals surface area contributed by atoms with Crippen molar-refractivity contribution < 1.29 is 9.47 Å². The smallest absolute Gasteiger partial charge is 0.101 e. The summed E-state index contributed by atoms with van der Waals surface area (Å²) in [7, 11) is 0. The zero-order valence-electron chi connectivity index (χ0n) is 6.40. The summed E-state index contributed by atoms with van der Waals surface area (Å²) in [5.74, 6) is 0. The van der Waals surface area contributed by atoms with Crippen LogP contribution >= 0.6 is 0 Å². The Labute approximate surface area is 66.9 Å². The predicted molar refractivity (Wildman–Crippen MR) is 42.0 cm³/mol. The van der Waals surface area contributed by atoms with Crippen LogP contribution in [0.1, 0.15) is 6.42 Å². The predicted octanol–water partition coefficient (Wildman–Crippen LogP) is -0.249. The fourth-order valence-corrected chi connectivity index (χ4v) is 1.50. The van der Waals surface area contributed by atoms with Gasteiger partial charge in [-0.15, -0.1) is 12.8 Å². The van der Waals surface area contributed by atoms with Gasteiger partial charge in [0.25, 0.3) is 0 Å². The molecule has 62 valence electrons. The van der Waals surface area contributed by atoms with Gasteiger partial charge in [-0.2, -0.15) is 0 Å². The van der Waals surface area contributed by atoms with Gasteiger partial charge in [-0.3, -0.25) is 0 Å². The molecule has 0 amide bonds. The lowest BCUT2D eigenvalue weighted by Gasteiger charge is -2.09. The third-order valence-electron chi connectivity index (χ3n) is 2.00. The Morgan fingerprint density at radius 2 is 2.00 bits per heavy atom. The standard InChI is InChI=1S/C6H11NO2.C2H2/c7-4-3-9-5-1-2-8-6(4)5;1-2/h4-6H,1-3,7H2;1-2H/t4-,5-,6-;/m1./s1. The molecule has 2 fully saturated rings. The van der Waals surface area contributed by atoms with E-state index >= 15 is 0 Å². The molecule has 2 heterocycles. The molecule has 3 atom stereocenters. The van der Waals surface area contributed by atoms with Crippen molar-refractivity contribution in [2.24, 2.45) is 5.73 Å². The van der Waals surface area contributed by atoms with Crippen LogP contribution in [-0.4, -0.2) is 31.5 Å². The maximum atomic E-state index is 5.67. The summed E-state index contributed by atoms with van der Waals surface area (Å²) in [6.45, 7) is 1.50. The van der Waals surface area contributed by atoms with E-state index in [4.69, 9.17) is 15.2 Å². The Morgan fingerprint density at radius 1 is 1.27 bits per heavy atom. The number of nitrogens with two attached hydrogens (primary N) is 1. The van der Waals surface area contributed by atoms with Gasteiger partial charge in [0, 0.05) is 6.61 Å². The van der Waals surface area contributed by atoms with Crippen LogP contribution in [0.2, 0.25) is 0 Å². The molecule has 0 unspecified atom stereocenters. The molecule has 3 nitrogen and oxygen atoms in total. The number of rotatable bonds is 0. The molecule has 0 aromatic rings. The highest BCUT2D eigenvalue weighted by atomic mass is 16.6. The van der Waals surface area contributed by atoms with Crippen molar-refractivity contribution >= 4 is 0 Å². The second-order valence-electron chi connectivity index (χ2n) is 2.66. The average molecular weight is 155 g/mol. The summed E-state index contributed by atoms with van der Waals surface area (Å²) < 4.78 is 10.7. The van der Waals surface area contributed by atoms with Gasteiger partial charge in [-0.1, -0.05) is 0 Å². The van der Waals surface area contributed by atoms with Gasteiger partial charge in [0.15, 0.2) is 0 Å². The SMILES string of the molecule is C#C.N[C@@H]1CO[C@@H]2CCO[C@H]12. The first-order valence-electron chi connectivity index (χ1n) is 3.70. The van der Waals surface area contributed by atoms with Crippen LogP contribution in [0.25, 0.3) is 0 Å². The lowest BCUT2D eigenvalue weighted by Crippen LogP contribution is -2.34. The molecular weight excluding hydrogens is 142 g/mol. The van der Waals surface area contributed by atoms with Crippen LogP contribution < -0.4 is 5.73 Å². The van der Waals surface area contributed by atoms with Gasteiger partial charge < -0.3 is 15.2 Å². The first-order chi connectivity index (χ1) is 5.38. The molecule has 2 aliphatic heterocycles. The van der Waals surface area contributed by atoms with E-state index in [0.717, 1.165) is 13.0 Å². The van der Waals surface area contributed by atoms with Crippen LogP contribution in [0, 0.1) is 12.8 Å². The lowest BCUT2D eigenvalue weighted by molar-refractivity contribution is 0.0709. The number of hydrogen-bond donors (Lipinski definition) is 1.